The highest BCUT2D eigenvalue weighted by atomic mass is 32.2. The highest BCUT2D eigenvalue weighted by molar-refractivity contribution is 7.99. The maximum atomic E-state index is 14.1. The van der Waals surface area contributed by atoms with E-state index in [0.717, 1.165) is 24.6 Å². The number of amides is 2. The largest absolute Gasteiger partial charge is 0.350 e. The maximum absolute atomic E-state index is 14.1. The minimum Gasteiger partial charge on any atom is -0.350 e. The monoisotopic (exact) mass is 401 g/mol. The lowest BCUT2D eigenvalue weighted by Crippen LogP contribution is -2.48. The summed E-state index contributed by atoms with van der Waals surface area (Å²) in [7, 11) is 0. The summed E-state index contributed by atoms with van der Waals surface area (Å²) in [5, 5.41) is 5.43. The molecule has 2 aromatic rings. The summed E-state index contributed by atoms with van der Waals surface area (Å²) in [6, 6.07) is 14.4. The van der Waals surface area contributed by atoms with Crippen molar-refractivity contribution >= 4 is 29.3 Å². The van der Waals surface area contributed by atoms with E-state index in [1.807, 2.05) is 30.0 Å². The number of carbonyl (C=O) groups excluding carboxylic acids is 2. The molecule has 2 amide bonds. The van der Waals surface area contributed by atoms with E-state index in [1.54, 1.807) is 0 Å². The van der Waals surface area contributed by atoms with Gasteiger partial charge in [0.2, 0.25) is 5.91 Å². The number of nitrogens with one attached hydrogen (secondary N) is 2. The summed E-state index contributed by atoms with van der Waals surface area (Å²) in [6.07, 6.45) is 0. The van der Waals surface area contributed by atoms with Crippen molar-refractivity contribution < 1.29 is 14.0 Å². The molecule has 0 unspecified atom stereocenters. The minimum atomic E-state index is -0.606. The molecule has 0 bridgehead atoms. The fourth-order valence-electron chi connectivity index (χ4n) is 3.19. The predicted octanol–water partition coefficient (Wildman–Crippen LogP) is 3.13. The molecular weight excluding hydrogens is 377 g/mol. The Kier molecular flexibility index (Phi) is 7.06. The van der Waals surface area contributed by atoms with E-state index in [0.29, 0.717) is 12.2 Å². The van der Waals surface area contributed by atoms with E-state index in [-0.39, 0.29) is 17.5 Å². The van der Waals surface area contributed by atoms with Gasteiger partial charge in [-0.2, -0.15) is 11.8 Å². The Hall–Kier alpha value is -2.38. The lowest BCUT2D eigenvalue weighted by atomic mass is 10.1. The number of hydrogen-bond donors (Lipinski definition) is 2. The third-order valence-corrected chi connectivity index (χ3v) is 5.70. The zero-order valence-electron chi connectivity index (χ0n) is 15.8. The SMILES string of the molecule is CC(=O)Nc1ccc(F)c(C(=O)NC[C@@H]2CSCCN2Cc2ccccc2)c1. The number of rotatable bonds is 6. The molecule has 7 heteroatoms. The summed E-state index contributed by atoms with van der Waals surface area (Å²) in [5.74, 6) is 0.631. The van der Waals surface area contributed by atoms with Gasteiger partial charge in [-0.05, 0) is 23.8 Å². The van der Waals surface area contributed by atoms with Crippen molar-refractivity contribution in [3.8, 4) is 0 Å². The third kappa shape index (κ3) is 5.56. The van der Waals surface area contributed by atoms with Gasteiger partial charge in [0.25, 0.3) is 5.91 Å². The highest BCUT2D eigenvalue weighted by Gasteiger charge is 2.24. The summed E-state index contributed by atoms with van der Waals surface area (Å²) in [5.41, 5.74) is 1.57. The average molecular weight is 402 g/mol. The van der Waals surface area contributed by atoms with E-state index in [2.05, 4.69) is 27.7 Å². The van der Waals surface area contributed by atoms with Crippen LogP contribution in [0.3, 0.4) is 0 Å². The molecule has 1 saturated heterocycles. The molecule has 0 spiro atoms. The first-order chi connectivity index (χ1) is 13.5. The molecule has 1 aliphatic rings. The molecule has 0 saturated carbocycles. The van der Waals surface area contributed by atoms with Gasteiger partial charge in [-0.3, -0.25) is 14.5 Å². The Morgan fingerprint density at radius 2 is 2.00 bits per heavy atom. The molecule has 1 fully saturated rings. The zero-order chi connectivity index (χ0) is 19.9. The standard InChI is InChI=1S/C21H24FN3O2S/c1-15(26)24-17-7-8-20(22)19(11-17)21(27)23-12-18-14-28-10-9-25(18)13-16-5-3-2-4-6-16/h2-8,11,18H,9-10,12-14H2,1H3,(H,23,27)(H,24,26)/t18-/m1/s1. The van der Waals surface area contributed by atoms with Crippen LogP contribution in [0.15, 0.2) is 48.5 Å². The number of halogens is 1. The molecule has 148 valence electrons. The Labute approximate surface area is 168 Å². The van der Waals surface area contributed by atoms with Crippen LogP contribution in [0.4, 0.5) is 10.1 Å². The van der Waals surface area contributed by atoms with E-state index < -0.39 is 11.7 Å². The molecule has 2 aromatic carbocycles. The van der Waals surface area contributed by atoms with Gasteiger partial charge in [0.05, 0.1) is 5.56 Å². The predicted molar refractivity (Wildman–Crippen MR) is 111 cm³/mol. The summed E-state index contributed by atoms with van der Waals surface area (Å²) in [6.45, 7) is 3.59. The number of hydrogen-bond acceptors (Lipinski definition) is 4. The second kappa shape index (κ2) is 9.71. The zero-order valence-corrected chi connectivity index (χ0v) is 16.6. The lowest BCUT2D eigenvalue weighted by molar-refractivity contribution is -0.114. The Morgan fingerprint density at radius 1 is 1.21 bits per heavy atom. The third-order valence-electron chi connectivity index (χ3n) is 4.61. The van der Waals surface area contributed by atoms with Crippen molar-refractivity contribution in [2.45, 2.75) is 19.5 Å². The van der Waals surface area contributed by atoms with Gasteiger partial charge >= 0.3 is 0 Å². The number of carbonyl (C=O) groups is 2. The molecule has 2 N–H and O–H groups in total. The molecule has 1 aliphatic heterocycles. The fourth-order valence-corrected chi connectivity index (χ4v) is 4.32. The van der Waals surface area contributed by atoms with Crippen LogP contribution in [0.5, 0.6) is 0 Å². The summed E-state index contributed by atoms with van der Waals surface area (Å²) >= 11 is 1.86. The highest BCUT2D eigenvalue weighted by Crippen LogP contribution is 2.19. The van der Waals surface area contributed by atoms with E-state index in [4.69, 9.17) is 0 Å². The van der Waals surface area contributed by atoms with Crippen LogP contribution in [-0.2, 0) is 11.3 Å². The van der Waals surface area contributed by atoms with Crippen LogP contribution >= 0.6 is 11.8 Å². The summed E-state index contributed by atoms with van der Waals surface area (Å²) in [4.78, 5) is 26.1. The van der Waals surface area contributed by atoms with E-state index >= 15 is 0 Å². The molecular formula is C21H24FN3O2S. The molecule has 5 nitrogen and oxygen atoms in total. The first-order valence-electron chi connectivity index (χ1n) is 9.24. The van der Waals surface area contributed by atoms with Crippen LogP contribution < -0.4 is 10.6 Å². The van der Waals surface area contributed by atoms with E-state index in [1.165, 1.54) is 30.7 Å². The Bertz CT molecular complexity index is 832. The van der Waals surface area contributed by atoms with E-state index in [9.17, 15) is 14.0 Å². The van der Waals surface area contributed by atoms with Gasteiger partial charge in [0.1, 0.15) is 5.82 Å². The smallest absolute Gasteiger partial charge is 0.254 e. The van der Waals surface area contributed by atoms with Crippen molar-refractivity contribution in [1.29, 1.82) is 0 Å². The molecule has 28 heavy (non-hydrogen) atoms. The second-order valence-electron chi connectivity index (χ2n) is 6.77. The van der Waals surface area contributed by atoms with Crippen LogP contribution in [0.1, 0.15) is 22.8 Å². The van der Waals surface area contributed by atoms with Gasteiger partial charge in [-0.25, -0.2) is 4.39 Å². The van der Waals surface area contributed by atoms with Crippen LogP contribution in [-0.4, -0.2) is 47.4 Å². The number of thioether (sulfide) groups is 1. The Morgan fingerprint density at radius 3 is 2.75 bits per heavy atom. The molecule has 0 aromatic heterocycles. The average Bonchev–Trinajstić information content (AvgIpc) is 2.69. The van der Waals surface area contributed by atoms with Gasteiger partial charge in [-0.15, -0.1) is 0 Å². The molecule has 1 atom stereocenters. The van der Waals surface area contributed by atoms with Crippen molar-refractivity contribution in [2.24, 2.45) is 0 Å². The maximum Gasteiger partial charge on any atom is 0.254 e. The lowest BCUT2D eigenvalue weighted by Gasteiger charge is -2.35. The van der Waals surface area contributed by atoms with Gasteiger partial charge in [0, 0.05) is 49.8 Å². The molecule has 3 rings (SSSR count). The molecule has 1 heterocycles. The van der Waals surface area contributed by atoms with Crippen LogP contribution in [0, 0.1) is 5.82 Å². The fraction of sp³-hybridized carbons (Fsp3) is 0.333. The van der Waals surface area contributed by atoms with Crippen molar-refractivity contribution in [2.75, 3.05) is 29.9 Å². The first kappa shape index (κ1) is 20.4. The van der Waals surface area contributed by atoms with Gasteiger partial charge in [0.15, 0.2) is 0 Å². The second-order valence-corrected chi connectivity index (χ2v) is 7.92. The van der Waals surface area contributed by atoms with Gasteiger partial charge in [-0.1, -0.05) is 30.3 Å². The van der Waals surface area contributed by atoms with Gasteiger partial charge < -0.3 is 10.6 Å². The number of anilines is 1. The van der Waals surface area contributed by atoms with Crippen LogP contribution in [0.2, 0.25) is 0 Å². The topological polar surface area (TPSA) is 61.4 Å². The van der Waals surface area contributed by atoms with Crippen molar-refractivity contribution in [3.05, 3.63) is 65.5 Å². The van der Waals surface area contributed by atoms with Crippen molar-refractivity contribution in [3.63, 3.8) is 0 Å². The Balaban J connectivity index is 1.63. The molecule has 0 aliphatic carbocycles. The quantitative estimate of drug-likeness (QED) is 0.781. The normalized spacial score (nSPS) is 17.1. The summed E-state index contributed by atoms with van der Waals surface area (Å²) < 4.78 is 14.1. The minimum absolute atomic E-state index is 0.0654. The van der Waals surface area contributed by atoms with Crippen molar-refractivity contribution in [1.82, 2.24) is 10.2 Å². The first-order valence-corrected chi connectivity index (χ1v) is 10.4. The number of benzene rings is 2. The van der Waals surface area contributed by atoms with Crippen LogP contribution in [0.25, 0.3) is 0 Å². The number of nitrogens with zero attached hydrogens (tertiary/aromatic N) is 1. The molecule has 0 radical (unpaired) electrons.